The molecule has 0 radical (unpaired) electrons. The number of aromatic nitrogens is 4. The first-order valence-electron chi connectivity index (χ1n) is 11.7. The second kappa shape index (κ2) is 10.7. The maximum Gasteiger partial charge on any atom is 0.416 e. The van der Waals surface area contributed by atoms with Crippen LogP contribution in [0, 0.1) is 0 Å². The lowest BCUT2D eigenvalue weighted by atomic mass is 10.2. The number of halogens is 4. The molecule has 1 aliphatic rings. The lowest BCUT2D eigenvalue weighted by Gasteiger charge is -2.40. The Morgan fingerprint density at radius 1 is 1.11 bits per heavy atom. The summed E-state index contributed by atoms with van der Waals surface area (Å²) in [6.45, 7) is 6.85. The summed E-state index contributed by atoms with van der Waals surface area (Å²) in [7, 11) is 1.90. The Kier molecular flexibility index (Phi) is 7.67. The monoisotopic (exact) mass is 520 g/mol. The van der Waals surface area contributed by atoms with Crippen LogP contribution in [0.3, 0.4) is 0 Å². The van der Waals surface area contributed by atoms with Gasteiger partial charge in [0.05, 0.1) is 10.6 Å². The van der Waals surface area contributed by atoms with Crippen molar-refractivity contribution in [3.05, 3.63) is 53.2 Å². The number of pyridine rings is 1. The largest absolute Gasteiger partial charge is 0.416 e. The van der Waals surface area contributed by atoms with Gasteiger partial charge in [-0.2, -0.15) is 28.1 Å². The van der Waals surface area contributed by atoms with Gasteiger partial charge < -0.3 is 20.0 Å². The van der Waals surface area contributed by atoms with Crippen LogP contribution in [0.2, 0.25) is 5.02 Å². The molecule has 12 heteroatoms. The third-order valence-corrected chi connectivity index (χ3v) is 6.20. The van der Waals surface area contributed by atoms with Crippen LogP contribution in [0.4, 0.5) is 42.5 Å². The molecular weight excluding hydrogens is 493 g/mol. The van der Waals surface area contributed by atoms with E-state index < -0.39 is 11.7 Å². The van der Waals surface area contributed by atoms with Crippen LogP contribution in [0.5, 0.6) is 0 Å². The molecule has 1 fully saturated rings. The van der Waals surface area contributed by atoms with Crippen molar-refractivity contribution in [2.45, 2.75) is 32.5 Å². The van der Waals surface area contributed by atoms with Gasteiger partial charge >= 0.3 is 6.18 Å². The van der Waals surface area contributed by atoms with Crippen molar-refractivity contribution in [1.82, 2.24) is 19.9 Å². The zero-order valence-corrected chi connectivity index (χ0v) is 21.1. The normalized spacial score (nSPS) is 16.2. The average Bonchev–Trinajstić information content (AvgIpc) is 2.84. The van der Waals surface area contributed by atoms with Gasteiger partial charge in [0.25, 0.3) is 0 Å². The van der Waals surface area contributed by atoms with Crippen molar-refractivity contribution in [1.29, 1.82) is 0 Å². The van der Waals surface area contributed by atoms with Crippen molar-refractivity contribution >= 4 is 41.0 Å². The van der Waals surface area contributed by atoms with Gasteiger partial charge in [0.15, 0.2) is 0 Å². The van der Waals surface area contributed by atoms with E-state index in [0.29, 0.717) is 42.2 Å². The molecular formula is C24H28ClF3N8. The highest BCUT2D eigenvalue weighted by atomic mass is 35.5. The summed E-state index contributed by atoms with van der Waals surface area (Å²) in [6.07, 6.45) is -1.77. The van der Waals surface area contributed by atoms with Crippen molar-refractivity contribution in [2.75, 3.05) is 53.2 Å². The Bertz CT molecular complexity index is 1170. The predicted octanol–water partition coefficient (Wildman–Crippen LogP) is 5.24. The van der Waals surface area contributed by atoms with Gasteiger partial charge in [-0.05, 0) is 49.7 Å². The van der Waals surface area contributed by atoms with Crippen LogP contribution in [0.25, 0.3) is 0 Å². The highest BCUT2D eigenvalue weighted by Crippen LogP contribution is 2.31. The molecule has 0 aliphatic carbocycles. The fraction of sp³-hybridized carbons (Fsp3) is 0.417. The van der Waals surface area contributed by atoms with Gasteiger partial charge in [0.1, 0.15) is 5.82 Å². The van der Waals surface area contributed by atoms with E-state index in [4.69, 9.17) is 16.6 Å². The molecule has 0 spiro atoms. The number of alkyl halides is 3. The van der Waals surface area contributed by atoms with Gasteiger partial charge in [-0.25, -0.2) is 4.98 Å². The Hall–Kier alpha value is -3.34. The molecule has 0 unspecified atom stereocenters. The molecule has 1 aliphatic heterocycles. The Balaban J connectivity index is 1.59. The molecule has 36 heavy (non-hydrogen) atoms. The molecule has 1 aromatic carbocycles. The van der Waals surface area contributed by atoms with Gasteiger partial charge in [0.2, 0.25) is 17.8 Å². The van der Waals surface area contributed by atoms with E-state index in [1.54, 1.807) is 12.3 Å². The van der Waals surface area contributed by atoms with Crippen LogP contribution >= 0.6 is 11.6 Å². The van der Waals surface area contributed by atoms with E-state index >= 15 is 0 Å². The summed E-state index contributed by atoms with van der Waals surface area (Å²) in [4.78, 5) is 24.4. The number of anilines is 5. The number of piperazine rings is 1. The highest BCUT2D eigenvalue weighted by molar-refractivity contribution is 6.32. The minimum Gasteiger partial charge on any atom is -0.352 e. The molecule has 192 valence electrons. The van der Waals surface area contributed by atoms with Gasteiger partial charge in [0, 0.05) is 51.2 Å². The number of nitrogens with one attached hydrogen (secondary N) is 1. The maximum atomic E-state index is 12.9. The Labute approximate surface area is 213 Å². The van der Waals surface area contributed by atoms with Crippen molar-refractivity contribution < 1.29 is 13.2 Å². The zero-order valence-electron chi connectivity index (χ0n) is 20.3. The molecule has 1 N–H and O–H groups in total. The smallest absolute Gasteiger partial charge is 0.352 e. The second-order valence-corrected chi connectivity index (χ2v) is 9.09. The predicted molar refractivity (Wildman–Crippen MR) is 136 cm³/mol. The van der Waals surface area contributed by atoms with Gasteiger partial charge in [-0.15, -0.1) is 0 Å². The van der Waals surface area contributed by atoms with Gasteiger partial charge in [-0.3, -0.25) is 0 Å². The van der Waals surface area contributed by atoms with Gasteiger partial charge in [-0.1, -0.05) is 18.5 Å². The SMILES string of the molecule is CCCN(C)c1nc(Nc2ccc(C(F)(F)F)cc2)nc(N2CCN(c3ncccc3Cl)C[C@H]2C)n1. The molecule has 0 saturated carbocycles. The van der Waals surface area contributed by atoms with Crippen molar-refractivity contribution in [3.63, 3.8) is 0 Å². The first kappa shape index (κ1) is 25.7. The third kappa shape index (κ3) is 5.89. The van der Waals surface area contributed by atoms with Crippen molar-refractivity contribution in [3.8, 4) is 0 Å². The topological polar surface area (TPSA) is 73.3 Å². The molecule has 3 heterocycles. The molecule has 2 aromatic heterocycles. The highest BCUT2D eigenvalue weighted by Gasteiger charge is 2.30. The van der Waals surface area contributed by atoms with Crippen LogP contribution in [-0.4, -0.2) is 59.2 Å². The first-order valence-corrected chi connectivity index (χ1v) is 12.1. The zero-order chi connectivity index (χ0) is 25.9. The minimum absolute atomic E-state index is 0.0440. The number of rotatable bonds is 7. The van der Waals surface area contributed by atoms with E-state index in [9.17, 15) is 13.2 Å². The van der Waals surface area contributed by atoms with E-state index in [2.05, 4.69) is 43.9 Å². The molecule has 3 aromatic rings. The minimum atomic E-state index is -4.40. The van der Waals surface area contributed by atoms with Crippen molar-refractivity contribution in [2.24, 2.45) is 0 Å². The lowest BCUT2D eigenvalue weighted by Crippen LogP contribution is -2.53. The summed E-state index contributed by atoms with van der Waals surface area (Å²) >= 11 is 6.35. The quantitative estimate of drug-likeness (QED) is 0.453. The summed E-state index contributed by atoms with van der Waals surface area (Å²) in [6, 6.07) is 8.44. The molecule has 1 saturated heterocycles. The van der Waals surface area contributed by atoms with Crippen LogP contribution in [-0.2, 0) is 6.18 Å². The Morgan fingerprint density at radius 2 is 1.86 bits per heavy atom. The van der Waals surface area contributed by atoms with E-state index in [1.165, 1.54) is 12.1 Å². The molecule has 4 rings (SSSR count). The molecule has 0 amide bonds. The maximum absolute atomic E-state index is 12.9. The number of nitrogens with zero attached hydrogens (tertiary/aromatic N) is 7. The Morgan fingerprint density at radius 3 is 2.50 bits per heavy atom. The fourth-order valence-corrected chi connectivity index (χ4v) is 4.31. The second-order valence-electron chi connectivity index (χ2n) is 8.68. The number of hydrogen-bond acceptors (Lipinski definition) is 8. The van der Waals surface area contributed by atoms with E-state index in [0.717, 1.165) is 30.9 Å². The summed E-state index contributed by atoms with van der Waals surface area (Å²) < 4.78 is 38.8. The van der Waals surface area contributed by atoms with Crippen LogP contribution < -0.4 is 20.0 Å². The summed E-state index contributed by atoms with van der Waals surface area (Å²) in [5.74, 6) is 1.99. The first-order chi connectivity index (χ1) is 17.2. The molecule has 8 nitrogen and oxygen atoms in total. The number of benzene rings is 1. The summed E-state index contributed by atoms with van der Waals surface area (Å²) in [5.41, 5.74) is -0.264. The molecule has 0 bridgehead atoms. The third-order valence-electron chi connectivity index (χ3n) is 5.90. The summed E-state index contributed by atoms with van der Waals surface area (Å²) in [5, 5.41) is 3.64. The van der Waals surface area contributed by atoms with E-state index in [1.807, 2.05) is 18.0 Å². The van der Waals surface area contributed by atoms with E-state index in [-0.39, 0.29) is 12.0 Å². The lowest BCUT2D eigenvalue weighted by molar-refractivity contribution is -0.137. The van der Waals surface area contributed by atoms with Crippen LogP contribution in [0.1, 0.15) is 25.8 Å². The van der Waals surface area contributed by atoms with Crippen LogP contribution in [0.15, 0.2) is 42.6 Å². The number of hydrogen-bond donors (Lipinski definition) is 1. The standard InChI is InChI=1S/C24H28ClF3N8/c1-4-12-34(3)22-31-21(30-18-9-7-17(8-10-18)24(26,27)28)32-23(33-22)36-14-13-35(15-16(36)2)20-19(25)6-5-11-29-20/h5-11,16H,4,12-15H2,1-3H3,(H,30,31,32,33)/t16-/m1/s1. The fourth-order valence-electron chi connectivity index (χ4n) is 4.07. The average molecular weight is 521 g/mol. The molecule has 1 atom stereocenters.